The van der Waals surface area contributed by atoms with Crippen LogP contribution in [0.2, 0.25) is 0 Å². The maximum absolute atomic E-state index is 13.2. The van der Waals surface area contributed by atoms with Crippen molar-refractivity contribution < 1.29 is 9.50 Å². The Balaban J connectivity index is 2.40. The highest BCUT2D eigenvalue weighted by Crippen LogP contribution is 2.09. The molecule has 0 aliphatic carbocycles. The van der Waals surface area contributed by atoms with Crippen molar-refractivity contribution in [3.05, 3.63) is 35.1 Å². The van der Waals surface area contributed by atoms with Gasteiger partial charge in [0.15, 0.2) is 0 Å². The lowest BCUT2D eigenvalue weighted by Crippen LogP contribution is -2.30. The van der Waals surface area contributed by atoms with Crippen LogP contribution >= 0.6 is 0 Å². The second-order valence-electron chi connectivity index (χ2n) is 4.53. The Morgan fingerprint density at radius 1 is 1.38 bits per heavy atom. The number of nitrogens with one attached hydrogen (secondary N) is 1. The number of benzene rings is 1. The zero-order valence-electron chi connectivity index (χ0n) is 10.1. The topological polar surface area (TPSA) is 32.3 Å². The molecule has 90 valence electrons. The van der Waals surface area contributed by atoms with Gasteiger partial charge in [-0.1, -0.05) is 26.0 Å². The van der Waals surface area contributed by atoms with E-state index in [2.05, 4.69) is 5.32 Å². The molecule has 2 nitrogen and oxygen atoms in total. The van der Waals surface area contributed by atoms with Crippen molar-refractivity contribution in [3.8, 4) is 0 Å². The van der Waals surface area contributed by atoms with E-state index in [1.54, 1.807) is 13.0 Å². The monoisotopic (exact) mass is 225 g/mol. The largest absolute Gasteiger partial charge is 0.392 e. The summed E-state index contributed by atoms with van der Waals surface area (Å²) >= 11 is 0. The summed E-state index contributed by atoms with van der Waals surface area (Å²) in [5, 5.41) is 12.7. The molecule has 2 N–H and O–H groups in total. The SMILES string of the molecule is Cc1ccc(CNCC(O)C(C)C)cc1F. The average Bonchev–Trinajstić information content (AvgIpc) is 2.23. The third-order valence-electron chi connectivity index (χ3n) is 2.69. The highest BCUT2D eigenvalue weighted by atomic mass is 19.1. The first kappa shape index (κ1) is 13.1. The van der Waals surface area contributed by atoms with Crippen molar-refractivity contribution >= 4 is 0 Å². The molecule has 1 aromatic carbocycles. The fraction of sp³-hybridized carbons (Fsp3) is 0.538. The Hall–Kier alpha value is -0.930. The number of aliphatic hydroxyl groups excluding tert-OH is 1. The second kappa shape index (κ2) is 5.97. The quantitative estimate of drug-likeness (QED) is 0.805. The fourth-order valence-electron chi connectivity index (χ4n) is 1.35. The summed E-state index contributed by atoms with van der Waals surface area (Å²) in [5.74, 6) is 0.0611. The molecule has 0 amide bonds. The van der Waals surface area contributed by atoms with Gasteiger partial charge in [-0.05, 0) is 30.0 Å². The van der Waals surface area contributed by atoms with Crippen molar-refractivity contribution in [1.82, 2.24) is 5.32 Å². The van der Waals surface area contributed by atoms with Crippen molar-refractivity contribution in [3.63, 3.8) is 0 Å². The van der Waals surface area contributed by atoms with E-state index in [1.165, 1.54) is 6.07 Å². The molecular formula is C13H20FNO. The molecule has 0 spiro atoms. The van der Waals surface area contributed by atoms with Gasteiger partial charge >= 0.3 is 0 Å². The predicted octanol–water partition coefficient (Wildman–Crippen LogP) is 2.24. The fourth-order valence-corrected chi connectivity index (χ4v) is 1.35. The van der Waals surface area contributed by atoms with E-state index in [1.807, 2.05) is 19.9 Å². The standard InChI is InChI=1S/C13H20FNO/c1-9(2)13(16)8-15-7-11-5-4-10(3)12(14)6-11/h4-6,9,13,15-16H,7-8H2,1-3H3. The van der Waals surface area contributed by atoms with Gasteiger partial charge in [0.05, 0.1) is 6.10 Å². The van der Waals surface area contributed by atoms with E-state index in [4.69, 9.17) is 0 Å². The van der Waals surface area contributed by atoms with Crippen LogP contribution in [0.3, 0.4) is 0 Å². The molecule has 0 bridgehead atoms. The van der Waals surface area contributed by atoms with Crippen LogP contribution in [-0.2, 0) is 6.54 Å². The van der Waals surface area contributed by atoms with Gasteiger partial charge in [-0.3, -0.25) is 0 Å². The Bertz CT molecular complexity index is 339. The van der Waals surface area contributed by atoms with Gasteiger partial charge in [-0.25, -0.2) is 4.39 Å². The lowest BCUT2D eigenvalue weighted by atomic mass is 10.1. The van der Waals surface area contributed by atoms with Crippen LogP contribution in [0.4, 0.5) is 4.39 Å². The highest BCUT2D eigenvalue weighted by molar-refractivity contribution is 5.23. The molecule has 16 heavy (non-hydrogen) atoms. The van der Waals surface area contributed by atoms with Crippen LogP contribution in [-0.4, -0.2) is 17.8 Å². The lowest BCUT2D eigenvalue weighted by Gasteiger charge is -2.15. The number of rotatable bonds is 5. The van der Waals surface area contributed by atoms with Gasteiger partial charge in [0.2, 0.25) is 0 Å². The molecule has 0 aliphatic rings. The van der Waals surface area contributed by atoms with E-state index < -0.39 is 0 Å². The molecule has 0 fully saturated rings. The summed E-state index contributed by atoms with van der Waals surface area (Å²) in [4.78, 5) is 0. The van der Waals surface area contributed by atoms with Crippen molar-refractivity contribution in [2.24, 2.45) is 5.92 Å². The number of aryl methyl sites for hydroxylation is 1. The number of hydrogen-bond donors (Lipinski definition) is 2. The van der Waals surface area contributed by atoms with Gasteiger partial charge < -0.3 is 10.4 Å². The summed E-state index contributed by atoms with van der Waals surface area (Å²) in [7, 11) is 0. The first-order chi connectivity index (χ1) is 7.50. The Labute approximate surface area is 96.5 Å². The van der Waals surface area contributed by atoms with E-state index >= 15 is 0 Å². The number of hydrogen-bond acceptors (Lipinski definition) is 2. The second-order valence-corrected chi connectivity index (χ2v) is 4.53. The van der Waals surface area contributed by atoms with Gasteiger partial charge in [0.1, 0.15) is 5.82 Å². The molecule has 0 radical (unpaired) electrons. The van der Waals surface area contributed by atoms with Gasteiger partial charge in [0.25, 0.3) is 0 Å². The van der Waals surface area contributed by atoms with Gasteiger partial charge in [-0.2, -0.15) is 0 Å². The molecule has 0 saturated carbocycles. The Morgan fingerprint density at radius 3 is 2.62 bits per heavy atom. The lowest BCUT2D eigenvalue weighted by molar-refractivity contribution is 0.123. The summed E-state index contributed by atoms with van der Waals surface area (Å²) < 4.78 is 13.2. The van der Waals surface area contributed by atoms with Crippen LogP contribution in [0.25, 0.3) is 0 Å². The first-order valence-corrected chi connectivity index (χ1v) is 5.64. The first-order valence-electron chi connectivity index (χ1n) is 5.64. The maximum atomic E-state index is 13.2. The summed E-state index contributed by atoms with van der Waals surface area (Å²) in [5.41, 5.74) is 1.56. The molecule has 1 rings (SSSR count). The van der Waals surface area contributed by atoms with Crippen LogP contribution in [0, 0.1) is 18.7 Å². The number of aliphatic hydroxyl groups is 1. The van der Waals surface area contributed by atoms with E-state index in [9.17, 15) is 9.50 Å². The minimum Gasteiger partial charge on any atom is -0.392 e. The van der Waals surface area contributed by atoms with Gasteiger partial charge in [0, 0.05) is 13.1 Å². The molecule has 0 heterocycles. The molecular weight excluding hydrogens is 205 g/mol. The van der Waals surface area contributed by atoms with Crippen LogP contribution in [0.1, 0.15) is 25.0 Å². The van der Waals surface area contributed by atoms with Gasteiger partial charge in [-0.15, -0.1) is 0 Å². The molecule has 0 aromatic heterocycles. The van der Waals surface area contributed by atoms with Crippen molar-refractivity contribution in [1.29, 1.82) is 0 Å². The van der Waals surface area contributed by atoms with E-state index in [0.29, 0.717) is 18.7 Å². The number of halogens is 1. The average molecular weight is 225 g/mol. The third-order valence-corrected chi connectivity index (χ3v) is 2.69. The minimum absolute atomic E-state index is 0.177. The predicted molar refractivity (Wildman–Crippen MR) is 63.7 cm³/mol. The third kappa shape index (κ3) is 3.91. The highest BCUT2D eigenvalue weighted by Gasteiger charge is 2.08. The summed E-state index contributed by atoms with van der Waals surface area (Å²) in [6.07, 6.45) is -0.352. The normalized spacial score (nSPS) is 13.1. The summed E-state index contributed by atoms with van der Waals surface area (Å²) in [6, 6.07) is 5.20. The summed E-state index contributed by atoms with van der Waals surface area (Å²) in [6.45, 7) is 6.80. The Morgan fingerprint density at radius 2 is 2.06 bits per heavy atom. The van der Waals surface area contributed by atoms with Crippen LogP contribution in [0.5, 0.6) is 0 Å². The molecule has 0 aliphatic heterocycles. The molecule has 1 unspecified atom stereocenters. The maximum Gasteiger partial charge on any atom is 0.126 e. The van der Waals surface area contributed by atoms with Crippen LogP contribution in [0.15, 0.2) is 18.2 Å². The molecule has 1 atom stereocenters. The van der Waals surface area contributed by atoms with E-state index in [0.717, 1.165) is 5.56 Å². The zero-order chi connectivity index (χ0) is 12.1. The molecule has 1 aromatic rings. The van der Waals surface area contributed by atoms with Crippen molar-refractivity contribution in [2.45, 2.75) is 33.4 Å². The van der Waals surface area contributed by atoms with Crippen LogP contribution < -0.4 is 5.32 Å². The Kier molecular flexibility index (Phi) is 4.90. The zero-order valence-corrected chi connectivity index (χ0v) is 10.1. The smallest absolute Gasteiger partial charge is 0.126 e. The minimum atomic E-state index is -0.352. The van der Waals surface area contributed by atoms with Crippen molar-refractivity contribution in [2.75, 3.05) is 6.54 Å². The molecule has 3 heteroatoms. The molecule has 0 saturated heterocycles. The van der Waals surface area contributed by atoms with E-state index in [-0.39, 0.29) is 17.8 Å².